The Morgan fingerprint density at radius 1 is 1.06 bits per heavy atom. The summed E-state index contributed by atoms with van der Waals surface area (Å²) >= 11 is 0. The van der Waals surface area contributed by atoms with Crippen molar-refractivity contribution in [3.05, 3.63) is 95.6 Å². The van der Waals surface area contributed by atoms with Crippen LogP contribution in [0.1, 0.15) is 21.6 Å². The van der Waals surface area contributed by atoms with E-state index < -0.39 is 0 Å². The molecule has 0 bridgehead atoms. The molecular weight excluding hydrogens is 407 g/mol. The van der Waals surface area contributed by atoms with Gasteiger partial charge in [0.1, 0.15) is 17.3 Å². The molecule has 32 heavy (non-hydrogen) atoms. The molecule has 7 heteroatoms. The summed E-state index contributed by atoms with van der Waals surface area (Å²) in [6, 6.07) is 19.4. The maximum absolute atomic E-state index is 14.3. The smallest absolute Gasteiger partial charge is 0.270 e. The Bertz CT molecular complexity index is 1300. The fourth-order valence-corrected chi connectivity index (χ4v) is 3.62. The van der Waals surface area contributed by atoms with Crippen molar-refractivity contribution in [1.82, 2.24) is 14.5 Å². The fraction of sp³-hybridized carbons (Fsp3) is 0.160. The van der Waals surface area contributed by atoms with Gasteiger partial charge in [0.05, 0.1) is 13.1 Å². The van der Waals surface area contributed by atoms with Gasteiger partial charge in [-0.1, -0.05) is 36.4 Å². The summed E-state index contributed by atoms with van der Waals surface area (Å²) in [5.74, 6) is -0.577. The van der Waals surface area contributed by atoms with E-state index >= 15 is 0 Å². The first-order chi connectivity index (χ1) is 15.4. The molecule has 2 aromatic heterocycles. The predicted octanol–water partition coefficient (Wildman–Crippen LogP) is 4.24. The molecule has 4 aromatic rings. The molecule has 0 saturated carbocycles. The number of hydrogen-bond donors (Lipinski definition) is 1. The second-order valence-electron chi connectivity index (χ2n) is 7.69. The van der Waals surface area contributed by atoms with Crippen LogP contribution in [0.4, 0.5) is 10.2 Å². The third kappa shape index (κ3) is 4.51. The number of rotatable bonds is 6. The molecule has 6 nitrogen and oxygen atoms in total. The van der Waals surface area contributed by atoms with Crippen molar-refractivity contribution in [3.63, 3.8) is 0 Å². The molecule has 0 saturated heterocycles. The lowest BCUT2D eigenvalue weighted by molar-refractivity contribution is -0.116. The van der Waals surface area contributed by atoms with E-state index in [4.69, 9.17) is 0 Å². The Morgan fingerprint density at radius 3 is 2.59 bits per heavy atom. The van der Waals surface area contributed by atoms with Crippen molar-refractivity contribution in [2.24, 2.45) is 0 Å². The van der Waals surface area contributed by atoms with Gasteiger partial charge in [0.25, 0.3) is 5.91 Å². The highest BCUT2D eigenvalue weighted by Crippen LogP contribution is 2.23. The van der Waals surface area contributed by atoms with Crippen LogP contribution >= 0.6 is 0 Å². The fourth-order valence-electron chi connectivity index (χ4n) is 3.62. The number of aromatic nitrogens is 2. The Morgan fingerprint density at radius 2 is 1.81 bits per heavy atom. The number of aryl methyl sites for hydroxylation is 1. The average molecular weight is 430 g/mol. The van der Waals surface area contributed by atoms with E-state index in [-0.39, 0.29) is 30.7 Å². The molecule has 0 aliphatic carbocycles. The normalized spacial score (nSPS) is 10.8. The van der Waals surface area contributed by atoms with Crippen LogP contribution in [0.2, 0.25) is 0 Å². The van der Waals surface area contributed by atoms with Gasteiger partial charge >= 0.3 is 0 Å². The zero-order valence-corrected chi connectivity index (χ0v) is 17.9. The van der Waals surface area contributed by atoms with Crippen molar-refractivity contribution < 1.29 is 14.0 Å². The Labute approximate surface area is 185 Å². The van der Waals surface area contributed by atoms with Crippen LogP contribution in [-0.2, 0) is 11.3 Å². The topological polar surface area (TPSA) is 67.2 Å². The first-order valence-electron chi connectivity index (χ1n) is 10.2. The third-order valence-corrected chi connectivity index (χ3v) is 5.23. The number of carbonyl (C=O) groups excluding carboxylic acids is 2. The van der Waals surface area contributed by atoms with Crippen LogP contribution in [0.3, 0.4) is 0 Å². The molecule has 4 rings (SSSR count). The van der Waals surface area contributed by atoms with Crippen molar-refractivity contribution >= 4 is 28.5 Å². The summed E-state index contributed by atoms with van der Waals surface area (Å²) < 4.78 is 16.1. The van der Waals surface area contributed by atoms with E-state index in [1.165, 1.54) is 11.0 Å². The zero-order valence-electron chi connectivity index (χ0n) is 17.9. The van der Waals surface area contributed by atoms with Crippen LogP contribution in [-0.4, -0.2) is 39.9 Å². The highest BCUT2D eigenvalue weighted by Gasteiger charge is 2.21. The summed E-state index contributed by atoms with van der Waals surface area (Å²) in [5, 5.41) is 3.58. The number of fused-ring (bicyclic) bond motifs is 1. The van der Waals surface area contributed by atoms with Gasteiger partial charge in [0.15, 0.2) is 0 Å². The molecule has 1 N–H and O–H groups in total. The van der Waals surface area contributed by atoms with Gasteiger partial charge in [-0.15, -0.1) is 0 Å². The molecule has 0 aliphatic heterocycles. The first kappa shape index (κ1) is 21.2. The van der Waals surface area contributed by atoms with E-state index in [9.17, 15) is 14.0 Å². The van der Waals surface area contributed by atoms with Crippen molar-refractivity contribution in [3.8, 4) is 0 Å². The average Bonchev–Trinajstić information content (AvgIpc) is 3.13. The Kier molecular flexibility index (Phi) is 5.98. The molecule has 0 fully saturated rings. The molecule has 2 aromatic carbocycles. The van der Waals surface area contributed by atoms with Gasteiger partial charge in [-0.05, 0) is 42.8 Å². The van der Waals surface area contributed by atoms with Gasteiger partial charge in [0.2, 0.25) is 5.91 Å². The molecule has 0 spiro atoms. The number of carbonyl (C=O) groups is 2. The lowest BCUT2D eigenvalue weighted by Crippen LogP contribution is -2.36. The standard InChI is InChI=1S/C25H23FN4O2/c1-17-11-12-27-23(13-17)28-24(31)16-29(2)25(32)22-14-18-7-4-6-10-21(18)30(22)15-19-8-3-5-9-20(19)26/h3-14H,15-16H2,1-2H3,(H,27,28,31). The van der Waals surface area contributed by atoms with Crippen LogP contribution in [0.25, 0.3) is 10.9 Å². The molecule has 2 heterocycles. The molecule has 0 radical (unpaired) electrons. The van der Waals surface area contributed by atoms with Crippen molar-refractivity contribution in [2.45, 2.75) is 13.5 Å². The highest BCUT2D eigenvalue weighted by molar-refractivity contribution is 6.01. The molecule has 0 atom stereocenters. The minimum absolute atomic E-state index is 0.143. The van der Waals surface area contributed by atoms with Gasteiger partial charge in [-0.3, -0.25) is 9.59 Å². The van der Waals surface area contributed by atoms with Gasteiger partial charge < -0.3 is 14.8 Å². The Hall–Kier alpha value is -4.00. The lowest BCUT2D eigenvalue weighted by atomic mass is 10.2. The number of nitrogens with zero attached hydrogens (tertiary/aromatic N) is 3. The SMILES string of the molecule is Cc1ccnc(NC(=O)CN(C)C(=O)c2cc3ccccc3n2Cc2ccccc2F)c1. The maximum Gasteiger partial charge on any atom is 0.270 e. The molecule has 162 valence electrons. The monoisotopic (exact) mass is 430 g/mol. The second-order valence-corrected chi connectivity index (χ2v) is 7.69. The van der Waals surface area contributed by atoms with Crippen LogP contribution in [0.5, 0.6) is 0 Å². The van der Waals surface area contributed by atoms with E-state index in [1.54, 1.807) is 48.1 Å². The summed E-state index contributed by atoms with van der Waals surface area (Å²) in [4.78, 5) is 31.2. The number of para-hydroxylation sites is 1. The van der Waals surface area contributed by atoms with E-state index in [0.717, 1.165) is 16.5 Å². The van der Waals surface area contributed by atoms with Gasteiger partial charge in [-0.2, -0.15) is 0 Å². The summed E-state index contributed by atoms with van der Waals surface area (Å²) in [7, 11) is 1.57. The third-order valence-electron chi connectivity index (χ3n) is 5.23. The summed E-state index contributed by atoms with van der Waals surface area (Å²) in [6.45, 7) is 1.96. The predicted molar refractivity (Wildman–Crippen MR) is 122 cm³/mol. The quantitative estimate of drug-likeness (QED) is 0.498. The number of amides is 2. The second kappa shape index (κ2) is 9.01. The van der Waals surface area contributed by atoms with E-state index in [2.05, 4.69) is 10.3 Å². The largest absolute Gasteiger partial charge is 0.332 e. The van der Waals surface area contributed by atoms with Crippen molar-refractivity contribution in [1.29, 1.82) is 0 Å². The van der Waals surface area contributed by atoms with Gasteiger partial charge in [0, 0.05) is 29.7 Å². The summed E-state index contributed by atoms with van der Waals surface area (Å²) in [5.41, 5.74) is 2.66. The van der Waals surface area contributed by atoms with Crippen LogP contribution < -0.4 is 5.32 Å². The van der Waals surface area contributed by atoms with Crippen LogP contribution in [0.15, 0.2) is 72.9 Å². The number of anilines is 1. The molecule has 2 amide bonds. The highest BCUT2D eigenvalue weighted by atomic mass is 19.1. The lowest BCUT2D eigenvalue weighted by Gasteiger charge is -2.18. The molecular formula is C25H23FN4O2. The maximum atomic E-state index is 14.3. The zero-order chi connectivity index (χ0) is 22.7. The van der Waals surface area contributed by atoms with Crippen LogP contribution in [0, 0.1) is 12.7 Å². The minimum Gasteiger partial charge on any atom is -0.332 e. The van der Waals surface area contributed by atoms with Crippen molar-refractivity contribution in [2.75, 3.05) is 18.9 Å². The number of benzene rings is 2. The molecule has 0 unspecified atom stereocenters. The number of nitrogens with one attached hydrogen (secondary N) is 1. The van der Waals surface area contributed by atoms with Gasteiger partial charge in [-0.25, -0.2) is 9.37 Å². The summed E-state index contributed by atoms with van der Waals surface area (Å²) in [6.07, 6.45) is 1.61. The Balaban J connectivity index is 1.58. The van der Waals surface area contributed by atoms with E-state index in [1.807, 2.05) is 37.3 Å². The van der Waals surface area contributed by atoms with E-state index in [0.29, 0.717) is 17.1 Å². The number of likely N-dealkylation sites (N-methyl/N-ethyl adjacent to an activating group) is 1. The number of halogens is 1. The first-order valence-corrected chi connectivity index (χ1v) is 10.2. The molecule has 0 aliphatic rings. The number of hydrogen-bond acceptors (Lipinski definition) is 3. The number of pyridine rings is 1. The minimum atomic E-state index is -0.351.